The molecule has 1 aromatic carbocycles. The highest BCUT2D eigenvalue weighted by Gasteiger charge is 2.32. The van der Waals surface area contributed by atoms with Crippen LogP contribution in [0.4, 0.5) is 0 Å². The molecule has 0 saturated carbocycles. The van der Waals surface area contributed by atoms with Crippen molar-refractivity contribution in [2.75, 3.05) is 13.1 Å². The van der Waals surface area contributed by atoms with Crippen LogP contribution in [-0.4, -0.2) is 56.1 Å². The smallest absolute Gasteiger partial charge is 0.227 e. The average molecular weight is 384 g/mol. The van der Waals surface area contributed by atoms with Crippen LogP contribution in [0.5, 0.6) is 0 Å². The van der Waals surface area contributed by atoms with Crippen molar-refractivity contribution in [3.8, 4) is 5.69 Å². The van der Waals surface area contributed by atoms with E-state index < -0.39 is 0 Å². The van der Waals surface area contributed by atoms with E-state index in [-0.39, 0.29) is 23.8 Å². The van der Waals surface area contributed by atoms with Crippen molar-refractivity contribution < 1.29 is 9.59 Å². The zero-order chi connectivity index (χ0) is 19.9. The van der Waals surface area contributed by atoms with Gasteiger partial charge in [0, 0.05) is 19.1 Å². The Hall–Kier alpha value is -2.77. The Kier molecular flexibility index (Phi) is 6.73. The van der Waals surface area contributed by atoms with Gasteiger partial charge in [0.25, 0.3) is 0 Å². The fraction of sp³-hybridized carbons (Fsp3) is 0.550. The number of hydrogen-bond donors (Lipinski definition) is 1. The summed E-state index contributed by atoms with van der Waals surface area (Å²) < 4.78 is 1.57. The predicted molar refractivity (Wildman–Crippen MR) is 105 cm³/mol. The number of carbonyl (C=O) groups excluding carboxylic acids is 2. The van der Waals surface area contributed by atoms with Gasteiger partial charge < -0.3 is 10.2 Å². The number of unbranched alkanes of at least 4 members (excludes halogenated alkanes) is 1. The van der Waals surface area contributed by atoms with Crippen LogP contribution in [0.3, 0.4) is 0 Å². The van der Waals surface area contributed by atoms with Gasteiger partial charge >= 0.3 is 0 Å². The topological polar surface area (TPSA) is 93.0 Å². The Bertz CT molecular complexity index is 775. The first-order chi connectivity index (χ1) is 13.6. The SMILES string of the molecule is CCCCNC(=O)C1CCC(C)N(C(=O)Cc2ccc(-n3cnnn3)cc2)C1. The molecule has 8 nitrogen and oxygen atoms in total. The van der Waals surface area contributed by atoms with E-state index in [1.165, 1.54) is 6.33 Å². The van der Waals surface area contributed by atoms with Crippen LogP contribution in [0.25, 0.3) is 5.69 Å². The highest BCUT2D eigenvalue weighted by molar-refractivity contribution is 5.82. The van der Waals surface area contributed by atoms with E-state index in [0.29, 0.717) is 19.5 Å². The number of tetrazole rings is 1. The van der Waals surface area contributed by atoms with Gasteiger partial charge in [-0.05, 0) is 54.3 Å². The maximum atomic E-state index is 12.9. The van der Waals surface area contributed by atoms with Gasteiger partial charge in [-0.25, -0.2) is 4.68 Å². The van der Waals surface area contributed by atoms with Crippen molar-refractivity contribution in [1.29, 1.82) is 0 Å². The minimum Gasteiger partial charge on any atom is -0.356 e. The van der Waals surface area contributed by atoms with E-state index in [9.17, 15) is 9.59 Å². The molecule has 2 unspecified atom stereocenters. The molecule has 1 aliphatic rings. The lowest BCUT2D eigenvalue weighted by atomic mass is 9.92. The Balaban J connectivity index is 1.58. The number of nitrogens with zero attached hydrogens (tertiary/aromatic N) is 5. The predicted octanol–water partition coefficient (Wildman–Crippen LogP) is 1.75. The van der Waals surface area contributed by atoms with Gasteiger partial charge in [0.05, 0.1) is 18.0 Å². The number of piperidine rings is 1. The van der Waals surface area contributed by atoms with Gasteiger partial charge in [-0.2, -0.15) is 0 Å². The molecule has 0 radical (unpaired) electrons. The standard InChI is InChI=1S/C20H28N6O2/c1-3-4-11-21-20(28)17-8-5-15(2)25(13-17)19(27)12-16-6-9-18(10-7-16)26-14-22-23-24-26/h6-7,9-10,14-15,17H,3-5,8,11-13H2,1-2H3,(H,21,28). The van der Waals surface area contributed by atoms with Crippen LogP contribution in [0.2, 0.25) is 0 Å². The second-order valence-electron chi connectivity index (χ2n) is 7.41. The molecule has 1 aliphatic heterocycles. The molecule has 0 bridgehead atoms. The number of carbonyl (C=O) groups is 2. The third-order valence-electron chi connectivity index (χ3n) is 5.31. The Morgan fingerprint density at radius 1 is 1.21 bits per heavy atom. The monoisotopic (exact) mass is 384 g/mol. The maximum absolute atomic E-state index is 12.9. The molecule has 1 N–H and O–H groups in total. The summed E-state index contributed by atoms with van der Waals surface area (Å²) in [6.07, 6.45) is 5.59. The fourth-order valence-corrected chi connectivity index (χ4v) is 3.52. The first kappa shape index (κ1) is 20.0. The average Bonchev–Trinajstić information content (AvgIpc) is 3.24. The van der Waals surface area contributed by atoms with Crippen molar-refractivity contribution in [3.63, 3.8) is 0 Å². The van der Waals surface area contributed by atoms with Crippen molar-refractivity contribution in [2.45, 2.75) is 52.0 Å². The lowest BCUT2D eigenvalue weighted by Gasteiger charge is -2.37. The third-order valence-corrected chi connectivity index (χ3v) is 5.31. The molecule has 2 aromatic rings. The number of nitrogens with one attached hydrogen (secondary N) is 1. The van der Waals surface area contributed by atoms with Gasteiger partial charge in [0.2, 0.25) is 11.8 Å². The van der Waals surface area contributed by atoms with Gasteiger partial charge in [-0.1, -0.05) is 25.5 Å². The van der Waals surface area contributed by atoms with Crippen molar-refractivity contribution >= 4 is 11.8 Å². The lowest BCUT2D eigenvalue weighted by molar-refractivity contribution is -0.137. The number of aromatic nitrogens is 4. The Morgan fingerprint density at radius 3 is 2.68 bits per heavy atom. The minimum absolute atomic E-state index is 0.0636. The lowest BCUT2D eigenvalue weighted by Crippen LogP contribution is -2.50. The highest BCUT2D eigenvalue weighted by atomic mass is 16.2. The summed E-state index contributed by atoms with van der Waals surface area (Å²) in [5, 5.41) is 14.1. The van der Waals surface area contributed by atoms with Crippen LogP contribution >= 0.6 is 0 Å². The van der Waals surface area contributed by atoms with Crippen LogP contribution in [0.15, 0.2) is 30.6 Å². The van der Waals surface area contributed by atoms with E-state index in [1.807, 2.05) is 29.2 Å². The summed E-state index contributed by atoms with van der Waals surface area (Å²) in [4.78, 5) is 27.1. The molecular formula is C20H28N6O2. The molecule has 8 heteroatoms. The summed E-state index contributed by atoms with van der Waals surface area (Å²) in [5.41, 5.74) is 1.78. The van der Waals surface area contributed by atoms with E-state index in [1.54, 1.807) is 4.68 Å². The van der Waals surface area contributed by atoms with Gasteiger partial charge in [0.1, 0.15) is 6.33 Å². The number of hydrogen-bond acceptors (Lipinski definition) is 5. The maximum Gasteiger partial charge on any atom is 0.227 e. The van der Waals surface area contributed by atoms with Crippen molar-refractivity contribution in [2.24, 2.45) is 5.92 Å². The molecular weight excluding hydrogens is 356 g/mol. The fourth-order valence-electron chi connectivity index (χ4n) is 3.52. The van der Waals surface area contributed by atoms with E-state index in [2.05, 4.69) is 34.7 Å². The summed E-state index contributed by atoms with van der Waals surface area (Å²) in [6.45, 7) is 5.37. The molecule has 2 heterocycles. The molecule has 28 heavy (non-hydrogen) atoms. The summed E-state index contributed by atoms with van der Waals surface area (Å²) in [7, 11) is 0. The zero-order valence-corrected chi connectivity index (χ0v) is 16.5. The molecule has 1 fully saturated rings. The van der Waals surface area contributed by atoms with E-state index in [0.717, 1.165) is 36.9 Å². The van der Waals surface area contributed by atoms with Gasteiger partial charge in [0.15, 0.2) is 0 Å². The molecule has 2 amide bonds. The summed E-state index contributed by atoms with van der Waals surface area (Å²) in [5.74, 6) is 0.0249. The van der Waals surface area contributed by atoms with Gasteiger partial charge in [-0.3, -0.25) is 9.59 Å². The van der Waals surface area contributed by atoms with Gasteiger partial charge in [-0.15, -0.1) is 5.10 Å². The Morgan fingerprint density at radius 2 is 2.00 bits per heavy atom. The number of rotatable bonds is 7. The molecule has 3 rings (SSSR count). The normalized spacial score (nSPS) is 19.4. The zero-order valence-electron chi connectivity index (χ0n) is 16.5. The molecule has 0 aliphatic carbocycles. The van der Waals surface area contributed by atoms with Crippen LogP contribution < -0.4 is 5.32 Å². The number of benzene rings is 1. The summed E-state index contributed by atoms with van der Waals surface area (Å²) in [6, 6.07) is 7.77. The van der Waals surface area contributed by atoms with Crippen molar-refractivity contribution in [3.05, 3.63) is 36.2 Å². The second kappa shape index (κ2) is 9.43. The Labute approximate surface area is 165 Å². The first-order valence-corrected chi connectivity index (χ1v) is 9.98. The van der Waals surface area contributed by atoms with Crippen LogP contribution in [0, 0.1) is 5.92 Å². The molecule has 1 aromatic heterocycles. The summed E-state index contributed by atoms with van der Waals surface area (Å²) >= 11 is 0. The van der Waals surface area contributed by atoms with E-state index in [4.69, 9.17) is 0 Å². The van der Waals surface area contributed by atoms with E-state index >= 15 is 0 Å². The molecule has 1 saturated heterocycles. The highest BCUT2D eigenvalue weighted by Crippen LogP contribution is 2.23. The molecule has 0 spiro atoms. The molecule has 2 atom stereocenters. The largest absolute Gasteiger partial charge is 0.356 e. The second-order valence-corrected chi connectivity index (χ2v) is 7.41. The minimum atomic E-state index is -0.112. The quantitative estimate of drug-likeness (QED) is 0.734. The van der Waals surface area contributed by atoms with Crippen molar-refractivity contribution in [1.82, 2.24) is 30.4 Å². The van der Waals surface area contributed by atoms with Crippen LogP contribution in [-0.2, 0) is 16.0 Å². The molecule has 150 valence electrons. The number of likely N-dealkylation sites (tertiary alicyclic amines) is 1. The first-order valence-electron chi connectivity index (χ1n) is 9.98. The number of amides is 2. The third kappa shape index (κ3) is 4.94. The van der Waals surface area contributed by atoms with Crippen LogP contribution in [0.1, 0.15) is 45.1 Å².